The molecule has 1 saturated heterocycles. The van der Waals surface area contributed by atoms with Gasteiger partial charge in [0.1, 0.15) is 5.54 Å². The van der Waals surface area contributed by atoms with Crippen molar-refractivity contribution >= 4 is 5.97 Å². The fraction of sp³-hybridized carbons (Fsp3) is 0.889. The Morgan fingerprint density at radius 1 is 1.69 bits per heavy atom. The Hall–Kier alpha value is -0.610. The van der Waals surface area contributed by atoms with Crippen LogP contribution >= 0.6 is 0 Å². The van der Waals surface area contributed by atoms with Gasteiger partial charge < -0.3 is 14.8 Å². The second-order valence-electron chi connectivity index (χ2n) is 3.46. The molecule has 1 rings (SSSR count). The number of esters is 1. The summed E-state index contributed by atoms with van der Waals surface area (Å²) in [5.74, 6) is -0.190. The molecule has 0 aromatic carbocycles. The van der Waals surface area contributed by atoms with Gasteiger partial charge in [-0.1, -0.05) is 0 Å². The minimum Gasteiger partial charge on any atom is -0.468 e. The first-order chi connectivity index (χ1) is 6.14. The van der Waals surface area contributed by atoms with Crippen molar-refractivity contribution in [2.45, 2.75) is 31.4 Å². The lowest BCUT2D eigenvalue weighted by Crippen LogP contribution is -2.56. The van der Waals surface area contributed by atoms with Crippen LogP contribution in [0.25, 0.3) is 0 Å². The van der Waals surface area contributed by atoms with Crippen molar-refractivity contribution in [3.8, 4) is 0 Å². The van der Waals surface area contributed by atoms with E-state index in [0.717, 1.165) is 0 Å². The molecule has 4 heteroatoms. The van der Waals surface area contributed by atoms with E-state index in [9.17, 15) is 4.79 Å². The largest absolute Gasteiger partial charge is 0.468 e. The first kappa shape index (κ1) is 10.5. The number of nitrogens with one attached hydrogen (secondary N) is 1. The predicted octanol–water partition coefficient (Wildman–Crippen LogP) is 0.316. The van der Waals surface area contributed by atoms with E-state index < -0.39 is 5.54 Å². The lowest BCUT2D eigenvalue weighted by atomic mass is 9.87. The Kier molecular flexibility index (Phi) is 3.27. The molecule has 0 amide bonds. The SMILES string of the molecule is CNC1(C(=O)OC)CCOC(C)C1. The van der Waals surface area contributed by atoms with Crippen molar-refractivity contribution in [3.05, 3.63) is 0 Å². The Morgan fingerprint density at radius 2 is 2.38 bits per heavy atom. The average molecular weight is 187 g/mol. The number of methoxy groups -OCH3 is 1. The van der Waals surface area contributed by atoms with Crippen molar-refractivity contribution in [2.24, 2.45) is 0 Å². The van der Waals surface area contributed by atoms with Crippen LogP contribution in [0.3, 0.4) is 0 Å². The van der Waals surface area contributed by atoms with Gasteiger partial charge in [0, 0.05) is 13.0 Å². The Balaban J connectivity index is 2.73. The normalized spacial score (nSPS) is 34.2. The van der Waals surface area contributed by atoms with Gasteiger partial charge in [0.25, 0.3) is 0 Å². The molecular formula is C9H17NO3. The molecule has 4 nitrogen and oxygen atoms in total. The molecule has 0 aromatic rings. The Labute approximate surface area is 78.6 Å². The third-order valence-corrected chi connectivity index (χ3v) is 2.62. The van der Waals surface area contributed by atoms with E-state index in [0.29, 0.717) is 19.4 Å². The molecule has 1 aliphatic rings. The van der Waals surface area contributed by atoms with E-state index in [1.165, 1.54) is 7.11 Å². The van der Waals surface area contributed by atoms with Crippen LogP contribution < -0.4 is 5.32 Å². The number of carbonyl (C=O) groups excluding carboxylic acids is 1. The highest BCUT2D eigenvalue weighted by atomic mass is 16.5. The minimum absolute atomic E-state index is 0.111. The molecule has 0 bridgehead atoms. The average Bonchev–Trinajstić information content (AvgIpc) is 2.16. The molecule has 0 radical (unpaired) electrons. The highest BCUT2D eigenvalue weighted by molar-refractivity contribution is 5.80. The number of hydrogen-bond acceptors (Lipinski definition) is 4. The van der Waals surface area contributed by atoms with Crippen LogP contribution in [0.5, 0.6) is 0 Å². The van der Waals surface area contributed by atoms with Crippen LogP contribution in [0.4, 0.5) is 0 Å². The van der Waals surface area contributed by atoms with Crippen LogP contribution in [0.2, 0.25) is 0 Å². The van der Waals surface area contributed by atoms with Gasteiger partial charge in [-0.3, -0.25) is 4.79 Å². The minimum atomic E-state index is -0.535. The lowest BCUT2D eigenvalue weighted by molar-refractivity contribution is -0.154. The van der Waals surface area contributed by atoms with Crippen molar-refractivity contribution in [2.75, 3.05) is 20.8 Å². The maximum Gasteiger partial charge on any atom is 0.326 e. The predicted molar refractivity (Wildman–Crippen MR) is 48.5 cm³/mol. The summed E-state index contributed by atoms with van der Waals surface area (Å²) in [5, 5.41) is 3.04. The van der Waals surface area contributed by atoms with Crippen molar-refractivity contribution in [3.63, 3.8) is 0 Å². The van der Waals surface area contributed by atoms with Crippen LogP contribution in [-0.2, 0) is 14.3 Å². The van der Waals surface area contributed by atoms with Crippen LogP contribution in [0.15, 0.2) is 0 Å². The van der Waals surface area contributed by atoms with E-state index >= 15 is 0 Å². The highest BCUT2D eigenvalue weighted by Gasteiger charge is 2.41. The second kappa shape index (κ2) is 4.07. The third kappa shape index (κ3) is 2.00. The Morgan fingerprint density at radius 3 is 2.85 bits per heavy atom. The summed E-state index contributed by atoms with van der Waals surface area (Å²) in [4.78, 5) is 11.5. The summed E-state index contributed by atoms with van der Waals surface area (Å²) in [6, 6.07) is 0. The molecule has 76 valence electrons. The van der Waals surface area contributed by atoms with E-state index in [2.05, 4.69) is 5.32 Å². The van der Waals surface area contributed by atoms with Crippen LogP contribution in [0.1, 0.15) is 19.8 Å². The quantitative estimate of drug-likeness (QED) is 0.632. The molecule has 0 aliphatic carbocycles. The first-order valence-electron chi connectivity index (χ1n) is 4.53. The molecular weight excluding hydrogens is 170 g/mol. The van der Waals surface area contributed by atoms with Gasteiger partial charge in [-0.15, -0.1) is 0 Å². The van der Waals surface area contributed by atoms with Crippen LogP contribution in [-0.4, -0.2) is 38.4 Å². The molecule has 0 spiro atoms. The topological polar surface area (TPSA) is 47.6 Å². The first-order valence-corrected chi connectivity index (χ1v) is 4.53. The number of ether oxygens (including phenoxy) is 2. The summed E-state index contributed by atoms with van der Waals surface area (Å²) in [7, 11) is 3.20. The lowest BCUT2D eigenvalue weighted by Gasteiger charge is -2.37. The third-order valence-electron chi connectivity index (χ3n) is 2.62. The van der Waals surface area contributed by atoms with Gasteiger partial charge in [-0.25, -0.2) is 0 Å². The summed E-state index contributed by atoms with van der Waals surface area (Å²) in [5.41, 5.74) is -0.535. The van der Waals surface area contributed by atoms with Gasteiger partial charge in [-0.2, -0.15) is 0 Å². The zero-order chi connectivity index (χ0) is 9.90. The highest BCUT2D eigenvalue weighted by Crippen LogP contribution is 2.25. The Bertz CT molecular complexity index is 195. The zero-order valence-electron chi connectivity index (χ0n) is 8.42. The summed E-state index contributed by atoms with van der Waals surface area (Å²) in [6.07, 6.45) is 1.47. The van der Waals surface area contributed by atoms with Gasteiger partial charge in [-0.05, 0) is 20.4 Å². The molecule has 2 unspecified atom stereocenters. The fourth-order valence-corrected chi connectivity index (χ4v) is 1.80. The standard InChI is InChI=1S/C9H17NO3/c1-7-6-9(10-2,4-5-13-7)8(11)12-3/h7,10H,4-6H2,1-3H3. The second-order valence-corrected chi connectivity index (χ2v) is 3.46. The number of likely N-dealkylation sites (N-methyl/N-ethyl adjacent to an activating group) is 1. The zero-order valence-corrected chi connectivity index (χ0v) is 8.42. The van der Waals surface area contributed by atoms with Crippen LogP contribution in [0, 0.1) is 0 Å². The maximum absolute atomic E-state index is 11.5. The summed E-state index contributed by atoms with van der Waals surface area (Å²) in [6.45, 7) is 2.57. The molecule has 1 N–H and O–H groups in total. The smallest absolute Gasteiger partial charge is 0.326 e. The number of carbonyl (C=O) groups is 1. The van der Waals surface area contributed by atoms with Crippen molar-refractivity contribution < 1.29 is 14.3 Å². The van der Waals surface area contributed by atoms with Gasteiger partial charge in [0.2, 0.25) is 0 Å². The molecule has 13 heavy (non-hydrogen) atoms. The van der Waals surface area contributed by atoms with E-state index in [4.69, 9.17) is 9.47 Å². The monoisotopic (exact) mass is 187 g/mol. The molecule has 0 aromatic heterocycles. The molecule has 2 atom stereocenters. The van der Waals surface area contributed by atoms with Crippen molar-refractivity contribution in [1.29, 1.82) is 0 Å². The van der Waals surface area contributed by atoms with Crippen molar-refractivity contribution in [1.82, 2.24) is 5.32 Å². The maximum atomic E-state index is 11.5. The van der Waals surface area contributed by atoms with E-state index in [1.807, 2.05) is 6.92 Å². The summed E-state index contributed by atoms with van der Waals surface area (Å²) < 4.78 is 10.2. The van der Waals surface area contributed by atoms with E-state index in [1.54, 1.807) is 7.05 Å². The van der Waals surface area contributed by atoms with Gasteiger partial charge in [0.15, 0.2) is 0 Å². The number of hydrogen-bond donors (Lipinski definition) is 1. The molecule has 1 heterocycles. The summed E-state index contributed by atoms with van der Waals surface area (Å²) >= 11 is 0. The molecule has 0 saturated carbocycles. The van der Waals surface area contributed by atoms with E-state index in [-0.39, 0.29) is 12.1 Å². The number of rotatable bonds is 2. The molecule has 1 fully saturated rings. The van der Waals surface area contributed by atoms with Gasteiger partial charge >= 0.3 is 5.97 Å². The van der Waals surface area contributed by atoms with Gasteiger partial charge in [0.05, 0.1) is 13.2 Å². The fourth-order valence-electron chi connectivity index (χ4n) is 1.80. The molecule has 1 aliphatic heterocycles.